The minimum atomic E-state index is -4.99. The molecule has 578 valence electrons. The molecule has 0 heterocycles. The summed E-state index contributed by atoms with van der Waals surface area (Å²) in [6.07, 6.45) is 76.8. The Morgan fingerprint density at radius 1 is 0.290 bits per heavy atom. The minimum Gasteiger partial charge on any atom is -0.462 e. The summed E-state index contributed by atoms with van der Waals surface area (Å²) in [5.74, 6) is -2.26. The van der Waals surface area contributed by atoms with Crippen LogP contribution >= 0.6 is 15.6 Å². The van der Waals surface area contributed by atoms with Gasteiger partial charge in [-0.05, 0) is 122 Å². The second-order valence-corrected chi connectivity index (χ2v) is 29.2. The van der Waals surface area contributed by atoms with E-state index in [4.69, 9.17) is 37.0 Å². The van der Waals surface area contributed by atoms with Gasteiger partial charge in [0.2, 0.25) is 0 Å². The van der Waals surface area contributed by atoms with Crippen LogP contribution in [-0.4, -0.2) is 96.7 Å². The molecular weight excluding hydrogens is 1310 g/mol. The van der Waals surface area contributed by atoms with Gasteiger partial charge in [0, 0.05) is 25.7 Å². The molecule has 17 nitrogen and oxygen atoms in total. The van der Waals surface area contributed by atoms with Gasteiger partial charge >= 0.3 is 39.5 Å². The molecule has 5 atom stereocenters. The van der Waals surface area contributed by atoms with Crippen LogP contribution in [0.5, 0.6) is 0 Å². The highest BCUT2D eigenvalue weighted by Gasteiger charge is 2.30. The Morgan fingerprint density at radius 2 is 0.530 bits per heavy atom. The molecule has 0 saturated heterocycles. The van der Waals surface area contributed by atoms with Crippen LogP contribution in [0, 0.1) is 0 Å². The van der Waals surface area contributed by atoms with Gasteiger partial charge in [-0.25, -0.2) is 9.13 Å². The summed E-state index contributed by atoms with van der Waals surface area (Å²) in [5.41, 5.74) is 0. The molecule has 0 rings (SSSR count). The van der Waals surface area contributed by atoms with Gasteiger partial charge < -0.3 is 33.8 Å². The first-order valence-electron chi connectivity index (χ1n) is 39.5. The first-order chi connectivity index (χ1) is 48.7. The molecule has 0 aromatic rings. The normalized spacial score (nSPS) is 14.4. The summed E-state index contributed by atoms with van der Waals surface area (Å²) in [5, 5.41) is 10.6. The second kappa shape index (κ2) is 73.3. The molecule has 0 aliphatic carbocycles. The third-order valence-electron chi connectivity index (χ3n) is 16.5. The Labute approximate surface area is 607 Å². The van der Waals surface area contributed by atoms with E-state index in [-0.39, 0.29) is 25.7 Å². The monoisotopic (exact) mass is 1450 g/mol. The van der Waals surface area contributed by atoms with E-state index in [0.29, 0.717) is 32.1 Å². The molecule has 0 aromatic heterocycles. The lowest BCUT2D eigenvalue weighted by molar-refractivity contribution is -0.161. The number of unbranched alkanes of at least 4 members (excludes halogenated alkanes) is 33. The van der Waals surface area contributed by atoms with Gasteiger partial charge in [-0.2, -0.15) is 0 Å². The van der Waals surface area contributed by atoms with Crippen molar-refractivity contribution < 1.29 is 80.2 Å². The number of carbonyl (C=O) groups excluding carboxylic acids is 4. The number of hydrogen-bond acceptors (Lipinski definition) is 15. The highest BCUT2D eigenvalue weighted by molar-refractivity contribution is 7.47. The van der Waals surface area contributed by atoms with Gasteiger partial charge in [-0.15, -0.1) is 0 Å². The number of phosphoric ester groups is 2. The SMILES string of the molecule is CCCCC/C=C\C/C=C\C/C=C\C/C=C\CCCC(=O)OC[C@H](COP(=O)(O)OC[C@H](O)COP(=O)(O)OC[C@@H](COC(=O)CCCCCCC/C=C\C=C/CCCCCC)OC(=O)CCCCCCC/C=C\C/C=C\CCCCC)OC(=O)CCCCCCCCCCCCCCC. The molecular formula is C81H142O17P2. The van der Waals surface area contributed by atoms with Crippen molar-refractivity contribution in [1.82, 2.24) is 0 Å². The lowest BCUT2D eigenvalue weighted by Crippen LogP contribution is -2.30. The average molecular weight is 1450 g/mol. The van der Waals surface area contributed by atoms with Crippen molar-refractivity contribution in [1.29, 1.82) is 0 Å². The summed E-state index contributed by atoms with van der Waals surface area (Å²) < 4.78 is 68.5. The zero-order valence-corrected chi connectivity index (χ0v) is 64.9. The Kier molecular flexibility index (Phi) is 70.4. The van der Waals surface area contributed by atoms with Gasteiger partial charge in [0.25, 0.3) is 0 Å². The lowest BCUT2D eigenvalue weighted by Gasteiger charge is -2.21. The molecule has 100 heavy (non-hydrogen) atoms. The summed E-state index contributed by atoms with van der Waals surface area (Å²) in [6.45, 7) is 4.74. The third kappa shape index (κ3) is 72.3. The van der Waals surface area contributed by atoms with E-state index in [1.165, 1.54) is 116 Å². The molecule has 0 amide bonds. The molecule has 0 fully saturated rings. The van der Waals surface area contributed by atoms with Crippen LogP contribution in [-0.2, 0) is 65.4 Å². The van der Waals surface area contributed by atoms with Gasteiger partial charge in [-0.3, -0.25) is 37.3 Å². The van der Waals surface area contributed by atoms with E-state index < -0.39 is 97.5 Å². The van der Waals surface area contributed by atoms with Crippen LogP contribution in [0.25, 0.3) is 0 Å². The van der Waals surface area contributed by atoms with Crippen LogP contribution < -0.4 is 0 Å². The highest BCUT2D eigenvalue weighted by atomic mass is 31.2. The van der Waals surface area contributed by atoms with Gasteiger partial charge in [0.1, 0.15) is 19.3 Å². The predicted molar refractivity (Wildman–Crippen MR) is 409 cm³/mol. The Balaban J connectivity index is 5.40. The van der Waals surface area contributed by atoms with E-state index in [1.807, 2.05) is 12.2 Å². The first-order valence-corrected chi connectivity index (χ1v) is 42.5. The summed E-state index contributed by atoms with van der Waals surface area (Å²) in [6, 6.07) is 0. The van der Waals surface area contributed by atoms with Crippen molar-refractivity contribution in [2.75, 3.05) is 39.6 Å². The van der Waals surface area contributed by atoms with Gasteiger partial charge in [0.15, 0.2) is 12.2 Å². The fourth-order valence-corrected chi connectivity index (χ4v) is 12.0. The zero-order valence-electron chi connectivity index (χ0n) is 63.1. The maximum absolute atomic E-state index is 13.1. The Morgan fingerprint density at radius 3 is 0.880 bits per heavy atom. The number of esters is 4. The zero-order chi connectivity index (χ0) is 73.2. The van der Waals surface area contributed by atoms with Crippen molar-refractivity contribution in [3.05, 3.63) is 97.2 Å². The summed E-state index contributed by atoms with van der Waals surface area (Å²) in [7, 11) is -9.97. The number of phosphoric acid groups is 2. The fraction of sp³-hybridized carbons (Fsp3) is 0.753. The average Bonchev–Trinajstić information content (AvgIpc) is 0.965. The Hall–Kier alpha value is -4.02. The topological polar surface area (TPSA) is 237 Å². The second-order valence-electron chi connectivity index (χ2n) is 26.3. The molecule has 3 N–H and O–H groups in total. The molecule has 0 aliphatic rings. The van der Waals surface area contributed by atoms with Gasteiger partial charge in [0.05, 0.1) is 26.4 Å². The third-order valence-corrected chi connectivity index (χ3v) is 18.4. The molecule has 0 aliphatic heterocycles. The lowest BCUT2D eigenvalue weighted by atomic mass is 10.0. The smallest absolute Gasteiger partial charge is 0.462 e. The number of carbonyl (C=O) groups is 4. The molecule has 2 unspecified atom stereocenters. The van der Waals surface area contributed by atoms with E-state index in [9.17, 15) is 43.2 Å². The maximum atomic E-state index is 13.1. The first kappa shape index (κ1) is 96.0. The molecule has 0 spiro atoms. The maximum Gasteiger partial charge on any atom is 0.472 e. The van der Waals surface area contributed by atoms with Crippen molar-refractivity contribution in [3.8, 4) is 0 Å². The van der Waals surface area contributed by atoms with Crippen LogP contribution in [0.3, 0.4) is 0 Å². The number of aliphatic hydroxyl groups excluding tert-OH is 1. The minimum absolute atomic E-state index is 0.0749. The molecule has 0 saturated carbocycles. The quantitative estimate of drug-likeness (QED) is 0.0128. The number of allylic oxidation sites excluding steroid dienone is 16. The standard InChI is InChI=1S/C81H142O17P2/c1-5-9-13-17-21-25-29-33-36-37-40-43-46-50-54-58-62-66-79(84)92-71-76(97-80(85)67-63-59-55-51-47-41-32-28-24-20-16-12-8-4)73-95-99(87,88)93-69-75(82)70-94-100(89,90)96-74-77(98-81(86)68-64-60-56-52-48-44-39-35-31-27-23-19-15-11-7-3)72-91-78(83)65-61-57-53-49-45-42-38-34-30-26-22-18-14-10-6-2/h21,23,25-27,30,33-36,38-40,43,50,54,75-77,82H,5-20,22,24,28-29,31-32,37,41-42,44-49,51-53,55-74H2,1-4H3,(H,87,88)(H,89,90)/b25-21-,27-23-,30-26-,36-33-,38-34-,39-35-,43-40-,54-50-/t75-,76+,77+/m0/s1. The largest absolute Gasteiger partial charge is 0.472 e. The molecule has 0 aromatic carbocycles. The number of hydrogen-bond donors (Lipinski definition) is 3. The molecule has 0 radical (unpaired) electrons. The van der Waals surface area contributed by atoms with Crippen LogP contribution in [0.15, 0.2) is 97.2 Å². The van der Waals surface area contributed by atoms with Crippen molar-refractivity contribution in [2.45, 2.75) is 354 Å². The van der Waals surface area contributed by atoms with Crippen molar-refractivity contribution >= 4 is 39.5 Å². The number of ether oxygens (including phenoxy) is 4. The number of rotatable bonds is 74. The molecule has 0 bridgehead atoms. The van der Waals surface area contributed by atoms with E-state index in [1.54, 1.807) is 0 Å². The highest BCUT2D eigenvalue weighted by Crippen LogP contribution is 2.45. The van der Waals surface area contributed by atoms with Crippen LogP contribution in [0.4, 0.5) is 0 Å². The van der Waals surface area contributed by atoms with Crippen molar-refractivity contribution in [2.24, 2.45) is 0 Å². The Bertz CT molecular complexity index is 2270. The van der Waals surface area contributed by atoms with Crippen LogP contribution in [0.2, 0.25) is 0 Å². The summed E-state index contributed by atoms with van der Waals surface area (Å²) >= 11 is 0. The fourth-order valence-electron chi connectivity index (χ4n) is 10.5. The predicted octanol–water partition coefficient (Wildman–Crippen LogP) is 22.8. The van der Waals surface area contributed by atoms with Crippen LogP contribution in [0.1, 0.15) is 336 Å². The number of aliphatic hydroxyl groups is 1. The summed E-state index contributed by atoms with van der Waals surface area (Å²) in [4.78, 5) is 72.9. The van der Waals surface area contributed by atoms with E-state index in [0.717, 1.165) is 135 Å². The molecule has 19 heteroatoms. The van der Waals surface area contributed by atoms with Gasteiger partial charge in [-0.1, -0.05) is 285 Å². The van der Waals surface area contributed by atoms with E-state index >= 15 is 0 Å². The van der Waals surface area contributed by atoms with E-state index in [2.05, 4.69) is 113 Å². The van der Waals surface area contributed by atoms with Crippen molar-refractivity contribution in [3.63, 3.8) is 0 Å².